The number of anilines is 1. The van der Waals surface area contributed by atoms with Crippen LogP contribution in [0.25, 0.3) is 0 Å². The summed E-state index contributed by atoms with van der Waals surface area (Å²) in [6.07, 6.45) is 4.28. The van der Waals surface area contributed by atoms with Crippen molar-refractivity contribution in [2.24, 2.45) is 5.92 Å². The van der Waals surface area contributed by atoms with Crippen molar-refractivity contribution in [3.05, 3.63) is 59.3 Å². The number of rotatable bonds is 2. The highest BCUT2D eigenvalue weighted by Crippen LogP contribution is 2.26. The van der Waals surface area contributed by atoms with Crippen LogP contribution in [0.3, 0.4) is 0 Å². The minimum atomic E-state index is 0.106. The molecule has 1 aromatic heterocycles. The van der Waals surface area contributed by atoms with Crippen molar-refractivity contribution >= 4 is 11.7 Å². The van der Waals surface area contributed by atoms with Gasteiger partial charge in [0.05, 0.1) is 5.56 Å². The van der Waals surface area contributed by atoms with Crippen molar-refractivity contribution in [1.82, 2.24) is 9.88 Å². The van der Waals surface area contributed by atoms with Crippen LogP contribution in [-0.4, -0.2) is 35.4 Å². The average Bonchev–Trinajstić information content (AvgIpc) is 2.73. The summed E-state index contributed by atoms with van der Waals surface area (Å²) in [5.41, 5.74) is 3.23. The smallest absolute Gasteiger partial charge is 0.226 e. The van der Waals surface area contributed by atoms with E-state index in [1.807, 2.05) is 11.0 Å². The second-order valence-corrected chi connectivity index (χ2v) is 7.06. The van der Waals surface area contributed by atoms with Crippen molar-refractivity contribution in [2.75, 3.05) is 24.5 Å². The fraction of sp³-hybridized carbons (Fsp3) is 0.381. The number of fused-ring (bicyclic) bond motifs is 1. The van der Waals surface area contributed by atoms with Gasteiger partial charge in [-0.1, -0.05) is 24.3 Å². The van der Waals surface area contributed by atoms with E-state index in [1.54, 1.807) is 12.3 Å². The van der Waals surface area contributed by atoms with E-state index in [9.17, 15) is 4.79 Å². The van der Waals surface area contributed by atoms with Crippen molar-refractivity contribution in [3.63, 3.8) is 0 Å². The van der Waals surface area contributed by atoms with Crippen LogP contribution >= 0.6 is 0 Å². The maximum Gasteiger partial charge on any atom is 0.226 e. The van der Waals surface area contributed by atoms with Crippen LogP contribution in [-0.2, 0) is 17.8 Å². The molecule has 132 valence electrons. The molecule has 1 saturated heterocycles. The fourth-order valence-corrected chi connectivity index (χ4v) is 3.94. The van der Waals surface area contributed by atoms with Gasteiger partial charge in [-0.2, -0.15) is 5.26 Å². The summed E-state index contributed by atoms with van der Waals surface area (Å²) >= 11 is 0. The molecule has 0 aliphatic carbocycles. The molecular weight excluding hydrogens is 324 g/mol. The number of carbonyl (C=O) groups is 1. The summed E-state index contributed by atoms with van der Waals surface area (Å²) in [5, 5.41) is 8.87. The summed E-state index contributed by atoms with van der Waals surface area (Å²) in [7, 11) is 0. The lowest BCUT2D eigenvalue weighted by Crippen LogP contribution is -2.44. The third kappa shape index (κ3) is 3.28. The van der Waals surface area contributed by atoms with E-state index in [-0.39, 0.29) is 5.92 Å². The Kier molecular flexibility index (Phi) is 4.57. The van der Waals surface area contributed by atoms with E-state index in [1.165, 1.54) is 11.1 Å². The zero-order chi connectivity index (χ0) is 17.9. The molecule has 0 spiro atoms. The van der Waals surface area contributed by atoms with Crippen molar-refractivity contribution in [2.45, 2.75) is 25.8 Å². The standard InChI is InChI=1S/C21H22N4O/c22-13-16-5-6-20(23-14-16)24-10-8-18(9-11-24)21(26)25-12-7-17-3-1-2-4-19(17)15-25/h1-6,14,18H,7-12,15H2. The minimum absolute atomic E-state index is 0.106. The van der Waals surface area contributed by atoms with E-state index in [4.69, 9.17) is 5.26 Å². The summed E-state index contributed by atoms with van der Waals surface area (Å²) < 4.78 is 0. The lowest BCUT2D eigenvalue weighted by Gasteiger charge is -2.36. The SMILES string of the molecule is N#Cc1ccc(N2CCC(C(=O)N3CCc4ccccc4C3)CC2)nc1. The molecule has 2 aliphatic rings. The van der Waals surface area contributed by atoms with Crippen LogP contribution in [0.2, 0.25) is 0 Å². The maximum atomic E-state index is 12.9. The second kappa shape index (κ2) is 7.17. The quantitative estimate of drug-likeness (QED) is 0.839. The number of nitriles is 1. The first kappa shape index (κ1) is 16.6. The normalized spacial score (nSPS) is 17.5. The predicted molar refractivity (Wildman–Crippen MR) is 99.5 cm³/mol. The number of pyridine rings is 1. The van der Waals surface area contributed by atoms with Gasteiger partial charge in [-0.05, 0) is 42.5 Å². The van der Waals surface area contributed by atoms with Gasteiger partial charge in [0.25, 0.3) is 0 Å². The molecule has 0 radical (unpaired) electrons. The minimum Gasteiger partial charge on any atom is -0.357 e. The van der Waals surface area contributed by atoms with Gasteiger partial charge in [0.2, 0.25) is 5.91 Å². The Morgan fingerprint density at radius 1 is 1.08 bits per heavy atom. The lowest BCUT2D eigenvalue weighted by atomic mass is 9.93. The summed E-state index contributed by atoms with van der Waals surface area (Å²) in [4.78, 5) is 21.5. The summed E-state index contributed by atoms with van der Waals surface area (Å²) in [6, 6.07) is 14.2. The maximum absolute atomic E-state index is 12.9. The Morgan fingerprint density at radius 3 is 2.54 bits per heavy atom. The molecule has 0 saturated carbocycles. The molecule has 3 heterocycles. The average molecular weight is 346 g/mol. The molecular formula is C21H22N4O. The van der Waals surface area contributed by atoms with Gasteiger partial charge in [0, 0.05) is 38.3 Å². The van der Waals surface area contributed by atoms with Gasteiger partial charge in [0.1, 0.15) is 11.9 Å². The number of hydrogen-bond acceptors (Lipinski definition) is 4. The molecule has 26 heavy (non-hydrogen) atoms. The van der Waals surface area contributed by atoms with Gasteiger partial charge in [-0.25, -0.2) is 4.98 Å². The number of piperidine rings is 1. The largest absolute Gasteiger partial charge is 0.357 e. The molecule has 2 aromatic rings. The van der Waals surface area contributed by atoms with E-state index < -0.39 is 0 Å². The molecule has 4 rings (SSSR count). The zero-order valence-corrected chi connectivity index (χ0v) is 14.8. The van der Waals surface area contributed by atoms with E-state index in [0.29, 0.717) is 11.5 Å². The Morgan fingerprint density at radius 2 is 1.85 bits per heavy atom. The van der Waals surface area contributed by atoms with Crippen LogP contribution in [0.5, 0.6) is 0 Å². The topological polar surface area (TPSA) is 60.2 Å². The first-order valence-electron chi connectivity index (χ1n) is 9.21. The van der Waals surface area contributed by atoms with E-state index in [0.717, 1.165) is 51.3 Å². The number of hydrogen-bond donors (Lipinski definition) is 0. The Labute approximate surface area is 153 Å². The summed E-state index contributed by atoms with van der Waals surface area (Å²) in [5.74, 6) is 1.30. The Balaban J connectivity index is 1.36. The van der Waals surface area contributed by atoms with Crippen LogP contribution in [0.15, 0.2) is 42.6 Å². The molecule has 5 nitrogen and oxygen atoms in total. The van der Waals surface area contributed by atoms with Crippen LogP contribution < -0.4 is 4.90 Å². The molecule has 1 fully saturated rings. The van der Waals surface area contributed by atoms with E-state index in [2.05, 4.69) is 40.2 Å². The fourth-order valence-electron chi connectivity index (χ4n) is 3.94. The highest BCUT2D eigenvalue weighted by Gasteiger charge is 2.30. The number of nitrogens with zero attached hydrogens (tertiary/aromatic N) is 4. The van der Waals surface area contributed by atoms with Crippen LogP contribution in [0.1, 0.15) is 29.5 Å². The highest BCUT2D eigenvalue weighted by molar-refractivity contribution is 5.79. The third-order valence-corrected chi connectivity index (χ3v) is 5.49. The third-order valence-electron chi connectivity index (χ3n) is 5.49. The van der Waals surface area contributed by atoms with Crippen LogP contribution in [0, 0.1) is 17.2 Å². The van der Waals surface area contributed by atoms with Gasteiger partial charge >= 0.3 is 0 Å². The Hall–Kier alpha value is -2.87. The molecule has 0 N–H and O–H groups in total. The van der Waals surface area contributed by atoms with Gasteiger partial charge in [0.15, 0.2) is 0 Å². The van der Waals surface area contributed by atoms with Crippen molar-refractivity contribution < 1.29 is 4.79 Å². The summed E-state index contributed by atoms with van der Waals surface area (Å²) in [6.45, 7) is 3.24. The Bertz CT molecular complexity index is 832. The number of aromatic nitrogens is 1. The van der Waals surface area contributed by atoms with Gasteiger partial charge in [-0.15, -0.1) is 0 Å². The first-order chi connectivity index (χ1) is 12.7. The first-order valence-corrected chi connectivity index (χ1v) is 9.21. The highest BCUT2D eigenvalue weighted by atomic mass is 16.2. The molecule has 0 atom stereocenters. The molecule has 2 aliphatic heterocycles. The van der Waals surface area contributed by atoms with Crippen molar-refractivity contribution in [3.8, 4) is 6.07 Å². The molecule has 1 amide bonds. The number of amides is 1. The van der Waals surface area contributed by atoms with Crippen molar-refractivity contribution in [1.29, 1.82) is 5.26 Å². The van der Waals surface area contributed by atoms with Crippen LogP contribution in [0.4, 0.5) is 5.82 Å². The van der Waals surface area contributed by atoms with E-state index >= 15 is 0 Å². The van der Waals surface area contributed by atoms with Gasteiger partial charge in [-0.3, -0.25) is 4.79 Å². The number of carbonyl (C=O) groups excluding carboxylic acids is 1. The lowest BCUT2D eigenvalue weighted by molar-refractivity contribution is -0.137. The van der Waals surface area contributed by atoms with Gasteiger partial charge < -0.3 is 9.80 Å². The molecule has 0 bridgehead atoms. The second-order valence-electron chi connectivity index (χ2n) is 7.06. The zero-order valence-electron chi connectivity index (χ0n) is 14.8. The molecule has 0 unspecified atom stereocenters. The molecule has 1 aromatic carbocycles. The number of benzene rings is 1. The molecule has 5 heteroatoms. The predicted octanol–water partition coefficient (Wildman–Crippen LogP) is 2.75. The monoisotopic (exact) mass is 346 g/mol.